The minimum Gasteiger partial charge on any atom is -0.508 e. The topological polar surface area (TPSA) is 174 Å². The minimum atomic E-state index is -2.67. The van der Waals surface area contributed by atoms with E-state index in [2.05, 4.69) is 0 Å². The van der Waals surface area contributed by atoms with Gasteiger partial charge < -0.3 is 35.8 Å². The highest BCUT2D eigenvalue weighted by atomic mass is 16.5. The first-order chi connectivity index (χ1) is 20.7. The molecule has 234 valence electrons. The van der Waals surface area contributed by atoms with Crippen LogP contribution in [0.15, 0.2) is 47.2 Å². The van der Waals surface area contributed by atoms with E-state index in [4.69, 9.17) is 10.5 Å². The Labute approximate surface area is 255 Å². The molecule has 1 amide bonds. The monoisotopic (exact) mass is 605 g/mol. The number of anilines is 1. The fraction of sp³-hybridized carbons (Fsp3) is 0.424. The van der Waals surface area contributed by atoms with Crippen LogP contribution in [0.3, 0.4) is 0 Å². The van der Waals surface area contributed by atoms with Crippen molar-refractivity contribution in [3.05, 3.63) is 69.5 Å². The van der Waals surface area contributed by atoms with Crippen LogP contribution < -0.4 is 15.4 Å². The molecule has 3 aliphatic carbocycles. The molecule has 11 heteroatoms. The number of rotatable bonds is 8. The fourth-order valence-corrected chi connectivity index (χ4v) is 7.21. The zero-order valence-electron chi connectivity index (χ0n) is 25.5. The smallest absolute Gasteiger partial charge is 0.255 e. The van der Waals surface area contributed by atoms with Crippen LogP contribution in [0, 0.1) is 11.8 Å². The molecule has 2 aromatic carbocycles. The first kappa shape index (κ1) is 31.1. The summed E-state index contributed by atoms with van der Waals surface area (Å²) < 4.78 is 5.22. The number of likely N-dealkylation sites (N-methyl/N-ethyl adjacent to an activating group) is 1. The molecule has 1 saturated carbocycles. The first-order valence-corrected chi connectivity index (χ1v) is 14.6. The summed E-state index contributed by atoms with van der Waals surface area (Å²) >= 11 is 0. The van der Waals surface area contributed by atoms with Crippen LogP contribution in [0.4, 0.5) is 5.69 Å². The number of aliphatic hydroxyl groups excluding tert-OH is 2. The highest BCUT2D eigenvalue weighted by Gasteiger charge is 2.64. The molecule has 0 aliphatic heterocycles. The summed E-state index contributed by atoms with van der Waals surface area (Å²) in [5.74, 6) is -5.78. The number of benzene rings is 2. The average molecular weight is 606 g/mol. The molecule has 11 nitrogen and oxygen atoms in total. The van der Waals surface area contributed by atoms with Crippen LogP contribution >= 0.6 is 0 Å². The number of Topliss-reactive ketones (excluding diaryl/α,β-unsaturated/α-hetero) is 2. The maximum absolute atomic E-state index is 14.1. The molecule has 44 heavy (non-hydrogen) atoms. The number of carbonyl (C=O) groups excluding carboxylic acids is 3. The van der Waals surface area contributed by atoms with Gasteiger partial charge in [0.05, 0.1) is 18.7 Å². The number of primary amides is 1. The van der Waals surface area contributed by atoms with E-state index in [0.29, 0.717) is 24.0 Å². The third-order valence-corrected chi connectivity index (χ3v) is 9.33. The van der Waals surface area contributed by atoms with E-state index in [1.165, 1.54) is 4.90 Å². The number of hydrogen-bond acceptors (Lipinski definition) is 10. The Hall–Kier alpha value is -4.35. The molecule has 0 radical (unpaired) electrons. The lowest BCUT2D eigenvalue weighted by Crippen LogP contribution is -2.65. The van der Waals surface area contributed by atoms with Gasteiger partial charge in [-0.1, -0.05) is 12.1 Å². The second-order valence-corrected chi connectivity index (χ2v) is 12.3. The lowest BCUT2D eigenvalue weighted by molar-refractivity contribution is -0.153. The summed E-state index contributed by atoms with van der Waals surface area (Å²) in [6.45, 7) is 0. The van der Waals surface area contributed by atoms with Gasteiger partial charge in [-0.25, -0.2) is 0 Å². The average Bonchev–Trinajstić information content (AvgIpc) is 2.96. The Morgan fingerprint density at radius 1 is 1.07 bits per heavy atom. The number of phenolic OH excluding ortho intramolecular Hbond substituents is 1. The highest BCUT2D eigenvalue weighted by Crippen LogP contribution is 2.54. The van der Waals surface area contributed by atoms with Crippen LogP contribution in [-0.2, 0) is 33.6 Å². The summed E-state index contributed by atoms with van der Waals surface area (Å²) in [6.07, 6.45) is 2.20. The molecule has 1 fully saturated rings. The number of ketones is 2. The van der Waals surface area contributed by atoms with Gasteiger partial charge in [-0.2, -0.15) is 0 Å². The Morgan fingerprint density at radius 2 is 1.73 bits per heavy atom. The maximum Gasteiger partial charge on any atom is 0.255 e. The van der Waals surface area contributed by atoms with Crippen molar-refractivity contribution in [1.29, 1.82) is 0 Å². The van der Waals surface area contributed by atoms with E-state index in [1.807, 2.05) is 49.3 Å². The van der Waals surface area contributed by atoms with E-state index in [1.54, 1.807) is 21.2 Å². The third-order valence-electron chi connectivity index (χ3n) is 9.33. The summed E-state index contributed by atoms with van der Waals surface area (Å²) in [4.78, 5) is 43.0. The summed E-state index contributed by atoms with van der Waals surface area (Å²) in [6, 6.07) is 8.50. The van der Waals surface area contributed by atoms with Gasteiger partial charge in [-0.3, -0.25) is 19.3 Å². The van der Waals surface area contributed by atoms with Crippen molar-refractivity contribution >= 4 is 28.9 Å². The highest BCUT2D eigenvalue weighted by molar-refractivity contribution is 6.24. The maximum atomic E-state index is 14.1. The summed E-state index contributed by atoms with van der Waals surface area (Å²) in [5, 5.41) is 46.1. The van der Waals surface area contributed by atoms with Crippen LogP contribution in [-0.4, -0.2) is 89.7 Å². The molecule has 5 rings (SSSR count). The number of hydrogen-bond donors (Lipinski definition) is 5. The van der Waals surface area contributed by atoms with Gasteiger partial charge in [0.2, 0.25) is 5.78 Å². The van der Waals surface area contributed by atoms with Crippen LogP contribution in [0.25, 0.3) is 5.76 Å². The van der Waals surface area contributed by atoms with Crippen molar-refractivity contribution in [3.8, 4) is 11.5 Å². The van der Waals surface area contributed by atoms with E-state index >= 15 is 0 Å². The molecule has 0 bridgehead atoms. The van der Waals surface area contributed by atoms with Gasteiger partial charge in [0, 0.05) is 31.3 Å². The molecular formula is C33H39N3O8. The number of aliphatic hydroxyl groups is 3. The predicted molar refractivity (Wildman–Crippen MR) is 164 cm³/mol. The largest absolute Gasteiger partial charge is 0.508 e. The molecular weight excluding hydrogens is 566 g/mol. The number of fused-ring (bicyclic) bond motifs is 3. The number of ether oxygens (including phenoxy) is 1. The van der Waals surface area contributed by atoms with Crippen LogP contribution in [0.5, 0.6) is 11.5 Å². The second kappa shape index (κ2) is 11.3. The van der Waals surface area contributed by atoms with Gasteiger partial charge in [-0.05, 0) is 87.0 Å². The zero-order chi connectivity index (χ0) is 32.2. The molecule has 6 N–H and O–H groups in total. The fourth-order valence-electron chi connectivity index (χ4n) is 7.21. The Balaban J connectivity index is 1.58. The van der Waals surface area contributed by atoms with Gasteiger partial charge in [0.25, 0.3) is 5.91 Å². The molecule has 0 spiro atoms. The number of carbonyl (C=O) groups is 3. The van der Waals surface area contributed by atoms with E-state index in [9.17, 15) is 34.8 Å². The SMILES string of the molecule is COc1ccc(CCCc2cc(N(C)C)c3c(c2O)C(O)=C2C(=O)[C@]4(O)C(O)=C(C(N)=O)C(=O)C(N(C)C)[C@@H]4C[C@@H]2C3)cc1. The second-order valence-electron chi connectivity index (χ2n) is 12.3. The number of nitrogens with two attached hydrogens (primary N) is 1. The molecule has 4 atom stereocenters. The molecule has 1 unspecified atom stereocenters. The van der Waals surface area contributed by atoms with Gasteiger partial charge in [0.15, 0.2) is 11.4 Å². The van der Waals surface area contributed by atoms with Crippen LogP contribution in [0.2, 0.25) is 0 Å². The predicted octanol–water partition coefficient (Wildman–Crippen LogP) is 2.21. The quantitative estimate of drug-likeness (QED) is 0.281. The Bertz CT molecular complexity index is 1610. The zero-order valence-corrected chi connectivity index (χ0v) is 25.5. The Morgan fingerprint density at radius 3 is 2.30 bits per heavy atom. The van der Waals surface area contributed by atoms with Gasteiger partial charge in [0.1, 0.15) is 28.6 Å². The van der Waals surface area contributed by atoms with Crippen molar-refractivity contribution in [3.63, 3.8) is 0 Å². The summed E-state index contributed by atoms with van der Waals surface area (Å²) in [5.41, 5.74) is 4.94. The van der Waals surface area contributed by atoms with Crippen molar-refractivity contribution in [2.75, 3.05) is 40.2 Å². The number of phenols is 1. The first-order valence-electron chi connectivity index (χ1n) is 14.6. The molecule has 3 aliphatic rings. The number of nitrogens with zero attached hydrogens (tertiary/aromatic N) is 2. The summed E-state index contributed by atoms with van der Waals surface area (Å²) in [7, 11) is 8.46. The number of amides is 1. The van der Waals surface area contributed by atoms with Gasteiger partial charge >= 0.3 is 0 Å². The normalized spacial score (nSPS) is 24.7. The van der Waals surface area contributed by atoms with Gasteiger partial charge in [-0.15, -0.1) is 0 Å². The lowest BCUT2D eigenvalue weighted by atomic mass is 9.57. The van der Waals surface area contributed by atoms with E-state index < -0.39 is 58.0 Å². The van der Waals surface area contributed by atoms with Crippen LogP contribution in [0.1, 0.15) is 35.1 Å². The molecule has 0 aromatic heterocycles. The van der Waals surface area contributed by atoms with E-state index in [-0.39, 0.29) is 29.7 Å². The third kappa shape index (κ3) is 4.71. The van der Waals surface area contributed by atoms with Crippen molar-refractivity contribution in [2.45, 2.75) is 43.7 Å². The van der Waals surface area contributed by atoms with E-state index in [0.717, 1.165) is 23.4 Å². The number of methoxy groups -OCH3 is 1. The number of aryl methyl sites for hydroxylation is 2. The van der Waals surface area contributed by atoms with Crippen molar-refractivity contribution in [1.82, 2.24) is 4.90 Å². The number of aromatic hydroxyl groups is 1. The standard InChI is InChI=1S/C33H39N3O8/c1-35(2)22-15-17(8-6-7-16-9-11-19(44-5)12-10-16)27(37)24-20(22)13-18-14-21-26(36(3)4)29(39)25(32(34)42)31(41)33(21,43)30(40)23(18)28(24)38/h9-12,15,18,21,26,37-38,41,43H,6-8,13-14H2,1-5H3,(H2,34,42)/t18-,21-,26?,33-/m0/s1. The molecule has 0 heterocycles. The molecule has 2 aromatic rings. The lowest BCUT2D eigenvalue weighted by Gasteiger charge is -2.50. The van der Waals surface area contributed by atoms with Crippen molar-refractivity contribution < 1.29 is 39.5 Å². The minimum absolute atomic E-state index is 0.0446. The Kier molecular flexibility index (Phi) is 7.98. The molecule has 0 saturated heterocycles. The van der Waals surface area contributed by atoms with Crippen molar-refractivity contribution in [2.24, 2.45) is 17.6 Å².